The third kappa shape index (κ3) is 1.88. The fourth-order valence-electron chi connectivity index (χ4n) is 2.81. The van der Waals surface area contributed by atoms with Crippen LogP contribution in [0.25, 0.3) is 0 Å². The van der Waals surface area contributed by atoms with Gasteiger partial charge in [0.15, 0.2) is 0 Å². The number of thiophene rings is 1. The number of carbonyl (C=O) groups is 3. The highest BCUT2D eigenvalue weighted by molar-refractivity contribution is 7.14. The van der Waals surface area contributed by atoms with Crippen molar-refractivity contribution in [3.8, 4) is 0 Å². The summed E-state index contributed by atoms with van der Waals surface area (Å²) in [5.74, 6) is -1.86. The number of hydrogen-bond acceptors (Lipinski definition) is 5. The monoisotopic (exact) mass is 313 g/mol. The van der Waals surface area contributed by atoms with E-state index in [9.17, 15) is 14.4 Å². The Morgan fingerprint density at radius 1 is 1.09 bits per heavy atom. The normalized spacial score (nSPS) is 15.9. The van der Waals surface area contributed by atoms with Crippen molar-refractivity contribution in [2.45, 2.75) is 19.3 Å². The zero-order chi connectivity index (χ0) is 15.3. The topological polar surface area (TPSA) is 63.7 Å². The summed E-state index contributed by atoms with van der Waals surface area (Å²) in [6.45, 7) is 0. The van der Waals surface area contributed by atoms with Gasteiger partial charge in [0, 0.05) is 4.88 Å². The predicted octanol–water partition coefficient (Wildman–Crippen LogP) is 2.60. The van der Waals surface area contributed by atoms with Crippen LogP contribution >= 0.6 is 11.3 Å². The minimum atomic E-state index is -0.658. The molecule has 110 valence electrons. The summed E-state index contributed by atoms with van der Waals surface area (Å²) in [5.41, 5.74) is 1.68. The van der Waals surface area contributed by atoms with Gasteiger partial charge in [0.1, 0.15) is 4.88 Å². The molecule has 1 aliphatic carbocycles. The average Bonchev–Trinajstić information content (AvgIpc) is 3.17. The molecule has 2 heterocycles. The lowest BCUT2D eigenvalue weighted by atomic mass is 10.1. The van der Waals surface area contributed by atoms with Crippen molar-refractivity contribution in [1.82, 2.24) is 5.06 Å². The molecule has 0 unspecified atom stereocenters. The number of rotatable bonds is 2. The van der Waals surface area contributed by atoms with Crippen molar-refractivity contribution in [2.75, 3.05) is 0 Å². The SMILES string of the molecule is O=C(ON1C(=O)c2ccccc2C1=O)c1cc2c(s1)CCC2. The van der Waals surface area contributed by atoms with E-state index in [1.165, 1.54) is 21.8 Å². The number of nitrogens with zero attached hydrogens (tertiary/aromatic N) is 1. The lowest BCUT2D eigenvalue weighted by Gasteiger charge is -2.11. The highest BCUT2D eigenvalue weighted by atomic mass is 32.1. The largest absolute Gasteiger partial charge is 0.373 e. The van der Waals surface area contributed by atoms with Crippen molar-refractivity contribution in [1.29, 1.82) is 0 Å². The van der Waals surface area contributed by atoms with E-state index < -0.39 is 17.8 Å². The van der Waals surface area contributed by atoms with Crippen LogP contribution in [0.5, 0.6) is 0 Å². The number of imide groups is 1. The van der Waals surface area contributed by atoms with Gasteiger partial charge in [-0.05, 0) is 43.0 Å². The van der Waals surface area contributed by atoms with Gasteiger partial charge in [-0.2, -0.15) is 0 Å². The summed E-state index contributed by atoms with van der Waals surface area (Å²) < 4.78 is 0. The second-order valence-electron chi connectivity index (χ2n) is 5.24. The highest BCUT2D eigenvalue weighted by Gasteiger charge is 2.39. The molecule has 0 atom stereocenters. The first-order valence-corrected chi connectivity index (χ1v) is 7.78. The second-order valence-corrected chi connectivity index (χ2v) is 6.38. The van der Waals surface area contributed by atoms with Crippen molar-refractivity contribution in [3.63, 3.8) is 0 Å². The maximum Gasteiger partial charge on any atom is 0.373 e. The van der Waals surface area contributed by atoms with Crippen LogP contribution in [-0.4, -0.2) is 22.8 Å². The first kappa shape index (κ1) is 13.2. The van der Waals surface area contributed by atoms with E-state index in [-0.39, 0.29) is 11.1 Å². The Labute approximate surface area is 130 Å². The Hall–Kier alpha value is -2.47. The number of fused-ring (bicyclic) bond motifs is 2. The van der Waals surface area contributed by atoms with Gasteiger partial charge in [-0.15, -0.1) is 11.3 Å². The summed E-state index contributed by atoms with van der Waals surface area (Å²) >= 11 is 1.38. The van der Waals surface area contributed by atoms with E-state index in [4.69, 9.17) is 4.84 Å². The highest BCUT2D eigenvalue weighted by Crippen LogP contribution is 2.31. The zero-order valence-electron chi connectivity index (χ0n) is 11.5. The lowest BCUT2D eigenvalue weighted by molar-refractivity contribution is -0.0581. The Balaban J connectivity index is 1.58. The minimum Gasteiger partial charge on any atom is -0.323 e. The Kier molecular flexibility index (Phi) is 2.87. The fraction of sp³-hybridized carbons (Fsp3) is 0.188. The molecule has 0 N–H and O–H groups in total. The molecule has 22 heavy (non-hydrogen) atoms. The van der Waals surface area contributed by atoms with Gasteiger partial charge in [0.25, 0.3) is 11.8 Å². The smallest absolute Gasteiger partial charge is 0.323 e. The van der Waals surface area contributed by atoms with Gasteiger partial charge in [-0.1, -0.05) is 17.2 Å². The van der Waals surface area contributed by atoms with Crippen molar-refractivity contribution < 1.29 is 19.2 Å². The summed E-state index contributed by atoms with van der Waals surface area (Å²) in [7, 11) is 0. The molecule has 5 nitrogen and oxygen atoms in total. The summed E-state index contributed by atoms with van der Waals surface area (Å²) in [4.78, 5) is 43.1. The van der Waals surface area contributed by atoms with Gasteiger partial charge in [0.2, 0.25) is 0 Å². The van der Waals surface area contributed by atoms with Crippen LogP contribution in [0.2, 0.25) is 0 Å². The molecule has 0 saturated carbocycles. The summed E-state index contributed by atoms with van der Waals surface area (Å²) in [5, 5.41) is 0.553. The van der Waals surface area contributed by atoms with E-state index in [0.717, 1.165) is 19.3 Å². The Morgan fingerprint density at radius 2 is 1.77 bits per heavy atom. The first-order valence-electron chi connectivity index (χ1n) is 6.97. The zero-order valence-corrected chi connectivity index (χ0v) is 12.3. The summed E-state index contributed by atoms with van der Waals surface area (Å²) in [6.07, 6.45) is 3.04. The van der Waals surface area contributed by atoms with Crippen LogP contribution in [0.15, 0.2) is 30.3 Å². The molecule has 0 spiro atoms. The number of hydroxylamine groups is 2. The molecule has 1 aromatic carbocycles. The van der Waals surface area contributed by atoms with Crippen molar-refractivity contribution in [3.05, 3.63) is 56.8 Å². The third-order valence-corrected chi connectivity index (χ3v) is 5.10. The minimum absolute atomic E-state index is 0.258. The van der Waals surface area contributed by atoms with E-state index >= 15 is 0 Å². The fourth-order valence-corrected chi connectivity index (χ4v) is 3.93. The molecule has 6 heteroatoms. The molecule has 0 radical (unpaired) electrons. The van der Waals surface area contributed by atoms with E-state index in [2.05, 4.69) is 0 Å². The maximum absolute atomic E-state index is 12.2. The average molecular weight is 313 g/mol. The maximum atomic E-state index is 12.2. The first-order chi connectivity index (χ1) is 10.6. The molecule has 1 aliphatic heterocycles. The molecule has 4 rings (SSSR count). The number of amides is 2. The van der Waals surface area contributed by atoms with E-state index in [1.54, 1.807) is 30.3 Å². The number of benzene rings is 1. The Morgan fingerprint density at radius 3 is 2.41 bits per heavy atom. The van der Waals surface area contributed by atoms with Gasteiger partial charge in [-0.3, -0.25) is 9.59 Å². The molecular formula is C16H11NO4S. The van der Waals surface area contributed by atoms with Crippen LogP contribution in [0.4, 0.5) is 0 Å². The second kappa shape index (κ2) is 4.78. The van der Waals surface area contributed by atoms with Crippen LogP contribution in [0, 0.1) is 0 Å². The molecule has 1 aromatic heterocycles. The predicted molar refractivity (Wildman–Crippen MR) is 78.7 cm³/mol. The Bertz CT molecular complexity index is 767. The van der Waals surface area contributed by atoms with Crippen molar-refractivity contribution in [2.24, 2.45) is 0 Å². The van der Waals surface area contributed by atoms with Gasteiger partial charge < -0.3 is 4.84 Å². The van der Waals surface area contributed by atoms with Gasteiger partial charge >= 0.3 is 5.97 Å². The molecule has 0 saturated heterocycles. The molecule has 2 aliphatic rings. The van der Waals surface area contributed by atoms with E-state index in [0.29, 0.717) is 9.94 Å². The van der Waals surface area contributed by atoms with Crippen molar-refractivity contribution >= 4 is 29.1 Å². The van der Waals surface area contributed by atoms with Gasteiger partial charge in [0.05, 0.1) is 11.1 Å². The molecular weight excluding hydrogens is 302 g/mol. The number of aryl methyl sites for hydroxylation is 2. The molecule has 0 fully saturated rings. The standard InChI is InChI=1S/C16H11NO4S/c18-14-10-5-1-2-6-11(10)15(19)17(14)21-16(20)13-8-9-4-3-7-12(9)22-13/h1-2,5-6,8H,3-4,7H2. The number of hydrogen-bond donors (Lipinski definition) is 0. The quantitative estimate of drug-likeness (QED) is 0.800. The van der Waals surface area contributed by atoms with Gasteiger partial charge in [-0.25, -0.2) is 4.79 Å². The summed E-state index contributed by atoms with van der Waals surface area (Å²) in [6, 6.07) is 8.22. The molecule has 2 aromatic rings. The van der Waals surface area contributed by atoms with E-state index in [1.807, 2.05) is 0 Å². The van der Waals surface area contributed by atoms with Crippen LogP contribution in [0.3, 0.4) is 0 Å². The molecule has 2 amide bonds. The number of carbonyl (C=O) groups excluding carboxylic acids is 3. The van der Waals surface area contributed by atoms with Crippen LogP contribution < -0.4 is 0 Å². The lowest BCUT2D eigenvalue weighted by Crippen LogP contribution is -2.32. The van der Waals surface area contributed by atoms with Crippen LogP contribution in [0.1, 0.15) is 47.2 Å². The molecule has 0 bridgehead atoms. The van der Waals surface area contributed by atoms with Crippen LogP contribution in [-0.2, 0) is 17.7 Å². The third-order valence-electron chi connectivity index (χ3n) is 3.88.